The molecule has 1 aromatic carbocycles. The van der Waals surface area contributed by atoms with Crippen LogP contribution in [0.1, 0.15) is 41.6 Å². The number of amides is 1. The Morgan fingerprint density at radius 3 is 2.57 bits per heavy atom. The van der Waals surface area contributed by atoms with Gasteiger partial charge in [-0.2, -0.15) is 0 Å². The minimum absolute atomic E-state index is 0.0921. The van der Waals surface area contributed by atoms with Crippen molar-refractivity contribution in [2.24, 2.45) is 0 Å². The van der Waals surface area contributed by atoms with Crippen LogP contribution in [0.3, 0.4) is 0 Å². The van der Waals surface area contributed by atoms with Crippen molar-refractivity contribution in [3.63, 3.8) is 0 Å². The van der Waals surface area contributed by atoms with Crippen molar-refractivity contribution in [1.82, 2.24) is 4.98 Å². The lowest BCUT2D eigenvalue weighted by molar-refractivity contribution is -0.121. The largest absolute Gasteiger partial charge is 0.478 e. The van der Waals surface area contributed by atoms with E-state index in [2.05, 4.69) is 10.3 Å². The molecule has 0 atom stereocenters. The summed E-state index contributed by atoms with van der Waals surface area (Å²) in [5, 5.41) is 12.0. The highest BCUT2D eigenvalue weighted by Gasteiger charge is 2.42. The Balaban J connectivity index is 1.88. The van der Waals surface area contributed by atoms with Gasteiger partial charge in [-0.05, 0) is 42.7 Å². The molecule has 0 saturated heterocycles. The molecule has 3 rings (SSSR count). The van der Waals surface area contributed by atoms with E-state index in [9.17, 15) is 9.59 Å². The summed E-state index contributed by atoms with van der Waals surface area (Å²) in [6.07, 6.45) is 7.00. The van der Waals surface area contributed by atoms with E-state index in [-0.39, 0.29) is 11.5 Å². The molecule has 1 amide bonds. The summed E-state index contributed by atoms with van der Waals surface area (Å²) in [6.45, 7) is 0. The number of hydrogen-bond acceptors (Lipinski definition) is 3. The summed E-state index contributed by atoms with van der Waals surface area (Å²) < 4.78 is 0. The zero-order chi connectivity index (χ0) is 16.3. The number of anilines is 1. The number of nitrogens with one attached hydrogen (secondary N) is 1. The van der Waals surface area contributed by atoms with Gasteiger partial charge >= 0.3 is 5.97 Å². The summed E-state index contributed by atoms with van der Waals surface area (Å²) in [7, 11) is 0. The van der Waals surface area contributed by atoms with Crippen LogP contribution in [0.15, 0.2) is 48.8 Å². The molecular weight excluding hydrogens is 292 g/mol. The fraction of sp³-hybridized carbons (Fsp3) is 0.278. The highest BCUT2D eigenvalue weighted by atomic mass is 16.4. The minimum atomic E-state index is -1.01. The number of hydrogen-bond donors (Lipinski definition) is 2. The Bertz CT molecular complexity index is 722. The topological polar surface area (TPSA) is 79.3 Å². The van der Waals surface area contributed by atoms with E-state index in [4.69, 9.17) is 5.11 Å². The average Bonchev–Trinajstić information content (AvgIpc) is 3.07. The number of carbonyl (C=O) groups is 2. The van der Waals surface area contributed by atoms with Gasteiger partial charge in [-0.15, -0.1) is 0 Å². The maximum absolute atomic E-state index is 12.9. The SMILES string of the molecule is O=C(O)c1cccc(NC(=O)C2(c3cccnc3)CCCC2)c1. The zero-order valence-electron chi connectivity index (χ0n) is 12.7. The molecule has 118 valence electrons. The van der Waals surface area contributed by atoms with Gasteiger partial charge in [-0.25, -0.2) is 4.79 Å². The van der Waals surface area contributed by atoms with Gasteiger partial charge in [0.1, 0.15) is 0 Å². The lowest BCUT2D eigenvalue weighted by Gasteiger charge is -2.28. The number of benzene rings is 1. The second kappa shape index (κ2) is 6.20. The van der Waals surface area contributed by atoms with Crippen LogP contribution < -0.4 is 5.32 Å². The summed E-state index contributed by atoms with van der Waals surface area (Å²) in [6, 6.07) is 10.1. The number of carboxylic acid groups (broad SMARTS) is 1. The fourth-order valence-electron chi connectivity index (χ4n) is 3.25. The van der Waals surface area contributed by atoms with Crippen molar-refractivity contribution in [3.05, 3.63) is 59.9 Å². The van der Waals surface area contributed by atoms with Crippen molar-refractivity contribution in [2.45, 2.75) is 31.1 Å². The molecule has 23 heavy (non-hydrogen) atoms. The second-order valence-electron chi connectivity index (χ2n) is 5.87. The van der Waals surface area contributed by atoms with Gasteiger partial charge in [0, 0.05) is 18.1 Å². The molecule has 2 N–H and O–H groups in total. The van der Waals surface area contributed by atoms with Crippen LogP contribution in [0.5, 0.6) is 0 Å². The lowest BCUT2D eigenvalue weighted by Crippen LogP contribution is -2.38. The van der Waals surface area contributed by atoms with Gasteiger partial charge in [0.05, 0.1) is 11.0 Å². The molecule has 0 spiro atoms. The van der Waals surface area contributed by atoms with Gasteiger partial charge in [0.25, 0.3) is 0 Å². The average molecular weight is 310 g/mol. The van der Waals surface area contributed by atoms with Gasteiger partial charge in [0.15, 0.2) is 0 Å². The maximum Gasteiger partial charge on any atom is 0.335 e. The van der Waals surface area contributed by atoms with Crippen LogP contribution in [0.4, 0.5) is 5.69 Å². The summed E-state index contributed by atoms with van der Waals surface area (Å²) in [5.74, 6) is -1.10. The summed E-state index contributed by atoms with van der Waals surface area (Å²) in [5.41, 5.74) is 1.01. The molecule has 0 aliphatic heterocycles. The molecule has 5 heteroatoms. The summed E-state index contributed by atoms with van der Waals surface area (Å²) in [4.78, 5) is 28.1. The lowest BCUT2D eigenvalue weighted by atomic mass is 9.78. The highest BCUT2D eigenvalue weighted by Crippen LogP contribution is 2.41. The molecule has 1 aliphatic carbocycles. The molecule has 1 aliphatic rings. The van der Waals surface area contributed by atoms with E-state index < -0.39 is 11.4 Å². The third-order valence-electron chi connectivity index (χ3n) is 4.47. The standard InChI is InChI=1S/C18H18N2O3/c21-16(22)13-5-3-7-15(11-13)20-17(23)18(8-1-2-9-18)14-6-4-10-19-12-14/h3-7,10-12H,1-2,8-9H2,(H,20,23)(H,21,22). The fourth-order valence-corrected chi connectivity index (χ4v) is 3.25. The van der Waals surface area contributed by atoms with Crippen molar-refractivity contribution in [2.75, 3.05) is 5.32 Å². The van der Waals surface area contributed by atoms with Gasteiger partial charge in [-0.3, -0.25) is 9.78 Å². The van der Waals surface area contributed by atoms with E-state index >= 15 is 0 Å². The smallest absolute Gasteiger partial charge is 0.335 e. The molecule has 0 unspecified atom stereocenters. The van der Waals surface area contributed by atoms with Gasteiger partial charge < -0.3 is 10.4 Å². The zero-order valence-corrected chi connectivity index (χ0v) is 12.7. The van der Waals surface area contributed by atoms with Crippen LogP contribution in [0.2, 0.25) is 0 Å². The molecule has 1 saturated carbocycles. The monoisotopic (exact) mass is 310 g/mol. The Hall–Kier alpha value is -2.69. The Morgan fingerprint density at radius 2 is 1.91 bits per heavy atom. The Morgan fingerprint density at radius 1 is 1.13 bits per heavy atom. The molecule has 2 aromatic rings. The van der Waals surface area contributed by atoms with Crippen LogP contribution in [0.25, 0.3) is 0 Å². The second-order valence-corrected chi connectivity index (χ2v) is 5.87. The predicted molar refractivity (Wildman–Crippen MR) is 86.4 cm³/mol. The van der Waals surface area contributed by atoms with E-state index in [1.54, 1.807) is 24.5 Å². The molecule has 0 bridgehead atoms. The normalized spacial score (nSPS) is 16.0. The van der Waals surface area contributed by atoms with E-state index in [1.165, 1.54) is 12.1 Å². The van der Waals surface area contributed by atoms with Crippen molar-refractivity contribution in [1.29, 1.82) is 0 Å². The number of aromatic carboxylic acids is 1. The molecule has 0 radical (unpaired) electrons. The maximum atomic E-state index is 12.9. The third kappa shape index (κ3) is 2.95. The molecular formula is C18H18N2O3. The van der Waals surface area contributed by atoms with Crippen LogP contribution >= 0.6 is 0 Å². The predicted octanol–water partition coefficient (Wildman–Crippen LogP) is 3.23. The van der Waals surface area contributed by atoms with Crippen molar-refractivity contribution < 1.29 is 14.7 Å². The van der Waals surface area contributed by atoms with E-state index in [0.717, 1.165) is 31.2 Å². The first-order chi connectivity index (χ1) is 11.1. The number of carbonyl (C=O) groups excluding carboxylic acids is 1. The van der Waals surface area contributed by atoms with E-state index in [1.807, 2.05) is 12.1 Å². The number of aromatic nitrogens is 1. The van der Waals surface area contributed by atoms with Crippen molar-refractivity contribution >= 4 is 17.6 Å². The number of pyridine rings is 1. The molecule has 1 heterocycles. The molecule has 5 nitrogen and oxygen atoms in total. The number of carboxylic acids is 1. The van der Waals surface area contributed by atoms with Crippen LogP contribution in [-0.4, -0.2) is 22.0 Å². The number of nitrogens with zero attached hydrogens (tertiary/aromatic N) is 1. The Kier molecular flexibility index (Phi) is 4.10. The highest BCUT2D eigenvalue weighted by molar-refractivity contribution is 6.00. The minimum Gasteiger partial charge on any atom is -0.478 e. The third-order valence-corrected chi connectivity index (χ3v) is 4.47. The van der Waals surface area contributed by atoms with Gasteiger partial charge in [0.2, 0.25) is 5.91 Å². The quantitative estimate of drug-likeness (QED) is 0.908. The molecule has 1 fully saturated rings. The van der Waals surface area contributed by atoms with Gasteiger partial charge in [-0.1, -0.05) is 25.0 Å². The van der Waals surface area contributed by atoms with Crippen LogP contribution in [0, 0.1) is 0 Å². The first kappa shape index (κ1) is 15.2. The first-order valence-electron chi connectivity index (χ1n) is 7.67. The summed E-state index contributed by atoms with van der Waals surface area (Å²) >= 11 is 0. The molecule has 1 aromatic heterocycles. The van der Waals surface area contributed by atoms with E-state index in [0.29, 0.717) is 5.69 Å². The van der Waals surface area contributed by atoms with Crippen molar-refractivity contribution in [3.8, 4) is 0 Å². The first-order valence-corrected chi connectivity index (χ1v) is 7.67. The Labute approximate surface area is 134 Å². The number of rotatable bonds is 4. The van der Waals surface area contributed by atoms with Crippen LogP contribution in [-0.2, 0) is 10.2 Å².